The number of nitrogens with one attached hydrogen (secondary N) is 1. The molecule has 6 heteroatoms. The maximum Gasteiger partial charge on any atom is 0.305 e. The Morgan fingerprint density at radius 3 is 2.47 bits per heavy atom. The highest BCUT2D eigenvalue weighted by molar-refractivity contribution is 5.95. The average molecular weight is 269 g/mol. The van der Waals surface area contributed by atoms with E-state index in [-0.39, 0.29) is 17.9 Å². The molecule has 5 nitrogen and oxygen atoms in total. The molecule has 0 fully saturated rings. The van der Waals surface area contributed by atoms with Gasteiger partial charge >= 0.3 is 5.97 Å². The van der Waals surface area contributed by atoms with Crippen molar-refractivity contribution in [1.82, 2.24) is 5.32 Å². The Hall–Kier alpha value is -2.11. The molecule has 0 heterocycles. The molecular formula is C13H16FNO4. The number of carboxylic acids is 1. The first-order valence-electron chi connectivity index (χ1n) is 5.82. The molecule has 0 bridgehead atoms. The van der Waals surface area contributed by atoms with Gasteiger partial charge in [-0.3, -0.25) is 9.59 Å². The topological polar surface area (TPSA) is 86.6 Å². The molecule has 1 aromatic rings. The van der Waals surface area contributed by atoms with Gasteiger partial charge in [-0.15, -0.1) is 0 Å². The number of phenolic OH excluding ortho intramolecular Hbond substituents is 1. The molecule has 0 aromatic heterocycles. The highest BCUT2D eigenvalue weighted by atomic mass is 19.1. The minimum Gasteiger partial charge on any atom is -0.505 e. The van der Waals surface area contributed by atoms with Gasteiger partial charge in [0.1, 0.15) is 0 Å². The van der Waals surface area contributed by atoms with Crippen molar-refractivity contribution in [3.05, 3.63) is 29.6 Å². The van der Waals surface area contributed by atoms with Crippen molar-refractivity contribution in [2.24, 2.45) is 5.92 Å². The van der Waals surface area contributed by atoms with Crippen molar-refractivity contribution in [3.8, 4) is 5.75 Å². The second kappa shape index (κ2) is 6.17. The Balaban J connectivity index is 2.81. The Morgan fingerprint density at radius 1 is 1.37 bits per heavy atom. The Labute approximate surface area is 110 Å². The van der Waals surface area contributed by atoms with E-state index in [1.165, 1.54) is 6.07 Å². The van der Waals surface area contributed by atoms with Crippen LogP contribution >= 0.6 is 0 Å². The first kappa shape index (κ1) is 14.9. The first-order valence-corrected chi connectivity index (χ1v) is 5.82. The summed E-state index contributed by atoms with van der Waals surface area (Å²) in [5.74, 6) is -3.06. The fourth-order valence-electron chi connectivity index (χ4n) is 1.55. The SMILES string of the molecule is CC(C)[C@H](CC(=O)O)NC(=O)c1ccc(F)c(O)c1. The lowest BCUT2D eigenvalue weighted by molar-refractivity contribution is -0.137. The lowest BCUT2D eigenvalue weighted by Gasteiger charge is -2.20. The predicted octanol–water partition coefficient (Wildman–Crippen LogP) is 1.76. The molecule has 0 aliphatic heterocycles. The summed E-state index contributed by atoms with van der Waals surface area (Å²) in [6.07, 6.45) is -0.198. The van der Waals surface area contributed by atoms with Gasteiger partial charge < -0.3 is 15.5 Å². The molecule has 0 spiro atoms. The molecule has 1 aromatic carbocycles. The van der Waals surface area contributed by atoms with Crippen LogP contribution in [0.4, 0.5) is 4.39 Å². The quantitative estimate of drug-likeness (QED) is 0.760. The second-order valence-electron chi connectivity index (χ2n) is 4.59. The van der Waals surface area contributed by atoms with E-state index in [0.717, 1.165) is 12.1 Å². The van der Waals surface area contributed by atoms with Crippen molar-refractivity contribution in [3.63, 3.8) is 0 Å². The van der Waals surface area contributed by atoms with Crippen molar-refractivity contribution in [1.29, 1.82) is 0 Å². The number of carbonyl (C=O) groups excluding carboxylic acids is 1. The lowest BCUT2D eigenvalue weighted by Crippen LogP contribution is -2.40. The number of aromatic hydroxyl groups is 1. The standard InChI is InChI=1S/C13H16FNO4/c1-7(2)10(6-12(17)18)15-13(19)8-3-4-9(14)11(16)5-8/h3-5,7,10,16H,6H2,1-2H3,(H,15,19)(H,17,18)/t10-/m0/s1. The van der Waals surface area contributed by atoms with Crippen LogP contribution in [0.5, 0.6) is 5.75 Å². The van der Waals surface area contributed by atoms with Gasteiger partial charge in [-0.2, -0.15) is 0 Å². The summed E-state index contributed by atoms with van der Waals surface area (Å²) in [5, 5.41) is 20.5. The molecule has 1 amide bonds. The molecule has 1 atom stereocenters. The van der Waals surface area contributed by atoms with E-state index in [0.29, 0.717) is 0 Å². The zero-order valence-corrected chi connectivity index (χ0v) is 10.7. The number of aliphatic carboxylic acids is 1. The average Bonchev–Trinajstić information content (AvgIpc) is 2.31. The molecule has 0 radical (unpaired) electrons. The van der Waals surface area contributed by atoms with Gasteiger partial charge in [0.2, 0.25) is 0 Å². The molecule has 0 aliphatic carbocycles. The molecule has 3 N–H and O–H groups in total. The Kier molecular flexibility index (Phi) is 4.86. The zero-order valence-electron chi connectivity index (χ0n) is 10.7. The van der Waals surface area contributed by atoms with Crippen LogP contribution < -0.4 is 5.32 Å². The number of phenols is 1. The van der Waals surface area contributed by atoms with Gasteiger partial charge in [0, 0.05) is 11.6 Å². The van der Waals surface area contributed by atoms with Crippen LogP contribution in [0.1, 0.15) is 30.6 Å². The van der Waals surface area contributed by atoms with Gasteiger partial charge in [-0.1, -0.05) is 13.8 Å². The van der Waals surface area contributed by atoms with E-state index in [4.69, 9.17) is 5.11 Å². The first-order chi connectivity index (χ1) is 8.81. The summed E-state index contributed by atoms with van der Waals surface area (Å²) in [5.41, 5.74) is 0.0786. The second-order valence-corrected chi connectivity index (χ2v) is 4.59. The minimum absolute atomic E-state index is 0.0610. The maximum absolute atomic E-state index is 12.9. The molecule has 0 aliphatic rings. The number of carboxylic acid groups (broad SMARTS) is 1. The van der Waals surface area contributed by atoms with E-state index in [1.54, 1.807) is 13.8 Å². The number of amides is 1. The van der Waals surface area contributed by atoms with E-state index < -0.39 is 29.5 Å². The summed E-state index contributed by atoms with van der Waals surface area (Å²) in [6.45, 7) is 3.58. The van der Waals surface area contributed by atoms with Crippen LogP contribution in [0, 0.1) is 11.7 Å². The number of carbonyl (C=O) groups is 2. The van der Waals surface area contributed by atoms with Crippen LogP contribution in [0.25, 0.3) is 0 Å². The van der Waals surface area contributed by atoms with Crippen molar-refractivity contribution in [2.75, 3.05) is 0 Å². The van der Waals surface area contributed by atoms with Crippen LogP contribution in [-0.4, -0.2) is 28.1 Å². The van der Waals surface area contributed by atoms with Gasteiger partial charge in [-0.05, 0) is 24.1 Å². The van der Waals surface area contributed by atoms with Crippen molar-refractivity contribution < 1.29 is 24.2 Å². The third kappa shape index (κ3) is 4.24. The molecule has 0 saturated heterocycles. The highest BCUT2D eigenvalue weighted by Crippen LogP contribution is 2.17. The monoisotopic (exact) mass is 269 g/mol. The molecule has 0 saturated carbocycles. The Morgan fingerprint density at radius 2 is 2.00 bits per heavy atom. The summed E-state index contributed by atoms with van der Waals surface area (Å²) in [4.78, 5) is 22.6. The number of hydrogen-bond acceptors (Lipinski definition) is 3. The third-order valence-corrected chi connectivity index (χ3v) is 2.72. The van der Waals surface area contributed by atoms with Crippen molar-refractivity contribution >= 4 is 11.9 Å². The normalized spacial score (nSPS) is 12.2. The fraction of sp³-hybridized carbons (Fsp3) is 0.385. The predicted molar refractivity (Wildman–Crippen MR) is 66.4 cm³/mol. The van der Waals surface area contributed by atoms with Gasteiger partial charge in [0.25, 0.3) is 5.91 Å². The van der Waals surface area contributed by atoms with Crippen molar-refractivity contribution in [2.45, 2.75) is 26.3 Å². The largest absolute Gasteiger partial charge is 0.505 e. The summed E-state index contributed by atoms with van der Waals surface area (Å²) in [7, 11) is 0. The van der Waals surface area contributed by atoms with Crippen LogP contribution in [-0.2, 0) is 4.79 Å². The van der Waals surface area contributed by atoms with Crippen LogP contribution in [0.15, 0.2) is 18.2 Å². The fourth-order valence-corrected chi connectivity index (χ4v) is 1.55. The van der Waals surface area contributed by atoms with Crippen LogP contribution in [0.2, 0.25) is 0 Å². The van der Waals surface area contributed by atoms with Gasteiger partial charge in [0.15, 0.2) is 11.6 Å². The zero-order chi connectivity index (χ0) is 14.6. The maximum atomic E-state index is 12.9. The minimum atomic E-state index is -1.01. The molecule has 0 unspecified atom stereocenters. The molecule has 1 rings (SSSR count). The van der Waals surface area contributed by atoms with Gasteiger partial charge in [0.05, 0.1) is 6.42 Å². The smallest absolute Gasteiger partial charge is 0.305 e. The van der Waals surface area contributed by atoms with Crippen LogP contribution in [0.3, 0.4) is 0 Å². The Bertz CT molecular complexity index is 488. The summed E-state index contributed by atoms with van der Waals surface area (Å²) >= 11 is 0. The molecule has 19 heavy (non-hydrogen) atoms. The third-order valence-electron chi connectivity index (χ3n) is 2.72. The van der Waals surface area contributed by atoms with E-state index in [1.807, 2.05) is 0 Å². The molecule has 104 valence electrons. The van der Waals surface area contributed by atoms with E-state index >= 15 is 0 Å². The summed E-state index contributed by atoms with van der Waals surface area (Å²) < 4.78 is 12.9. The highest BCUT2D eigenvalue weighted by Gasteiger charge is 2.20. The lowest BCUT2D eigenvalue weighted by atomic mass is 10.0. The summed E-state index contributed by atoms with van der Waals surface area (Å²) in [6, 6.07) is 2.68. The van der Waals surface area contributed by atoms with Gasteiger partial charge in [-0.25, -0.2) is 4.39 Å². The molecular weight excluding hydrogens is 253 g/mol. The van der Waals surface area contributed by atoms with E-state index in [9.17, 15) is 19.1 Å². The number of hydrogen-bond donors (Lipinski definition) is 3. The number of halogens is 1. The number of rotatable bonds is 5. The number of benzene rings is 1. The van der Waals surface area contributed by atoms with E-state index in [2.05, 4.69) is 5.32 Å².